The Hall–Kier alpha value is -2.18. The van der Waals surface area contributed by atoms with Crippen molar-refractivity contribution in [3.63, 3.8) is 0 Å². The Kier molecular flexibility index (Phi) is 10.8. The molecule has 3 aromatic carbocycles. The Balaban J connectivity index is 1.89. The smallest absolute Gasteiger partial charge is 0.243 e. The number of rotatable bonds is 10. The van der Waals surface area contributed by atoms with E-state index < -0.39 is 11.6 Å². The SMILES string of the molecule is CC(C)(C)NC(=O)[C@H](Cc1ccccc1)N(Cc1ccc(Cl)cc1Cl)C(=O)CSCc1ccc(Cl)cc1. The topological polar surface area (TPSA) is 49.4 Å². The van der Waals surface area contributed by atoms with Gasteiger partial charge in [0, 0.05) is 39.3 Å². The van der Waals surface area contributed by atoms with E-state index in [4.69, 9.17) is 34.8 Å². The quantitative estimate of drug-likeness (QED) is 0.272. The predicted octanol–water partition coefficient (Wildman–Crippen LogP) is 7.43. The second-order valence-corrected chi connectivity index (χ2v) is 12.1. The number of benzene rings is 3. The maximum Gasteiger partial charge on any atom is 0.243 e. The van der Waals surface area contributed by atoms with Crippen molar-refractivity contribution in [3.05, 3.63) is 105 Å². The third-order valence-electron chi connectivity index (χ3n) is 5.53. The molecule has 3 aromatic rings. The lowest BCUT2D eigenvalue weighted by atomic mass is 10.0. The zero-order valence-corrected chi connectivity index (χ0v) is 24.2. The fraction of sp³-hybridized carbons (Fsp3) is 0.310. The molecule has 4 nitrogen and oxygen atoms in total. The van der Waals surface area contributed by atoms with E-state index >= 15 is 0 Å². The summed E-state index contributed by atoms with van der Waals surface area (Å²) < 4.78 is 0. The molecule has 0 bridgehead atoms. The molecule has 0 heterocycles. The molecule has 0 aromatic heterocycles. The molecular formula is C29H31Cl3N2O2S. The fourth-order valence-corrected chi connectivity index (χ4v) is 5.22. The highest BCUT2D eigenvalue weighted by molar-refractivity contribution is 7.99. The average Bonchev–Trinajstić information content (AvgIpc) is 2.83. The van der Waals surface area contributed by atoms with Crippen molar-refractivity contribution in [2.24, 2.45) is 0 Å². The van der Waals surface area contributed by atoms with Gasteiger partial charge in [-0.25, -0.2) is 0 Å². The lowest BCUT2D eigenvalue weighted by Gasteiger charge is -2.34. The van der Waals surface area contributed by atoms with Crippen molar-refractivity contribution in [2.75, 3.05) is 5.75 Å². The van der Waals surface area contributed by atoms with Crippen LogP contribution in [0.4, 0.5) is 0 Å². The number of carbonyl (C=O) groups excluding carboxylic acids is 2. The molecule has 0 spiro atoms. The zero-order valence-electron chi connectivity index (χ0n) is 21.1. The Morgan fingerprint density at radius 3 is 2.16 bits per heavy atom. The Labute approximate surface area is 238 Å². The van der Waals surface area contributed by atoms with Gasteiger partial charge in [0.25, 0.3) is 0 Å². The molecule has 2 amide bonds. The van der Waals surface area contributed by atoms with Crippen LogP contribution in [0.15, 0.2) is 72.8 Å². The van der Waals surface area contributed by atoms with E-state index in [1.807, 2.05) is 75.4 Å². The van der Waals surface area contributed by atoms with E-state index in [0.717, 1.165) is 16.7 Å². The molecule has 0 aliphatic carbocycles. The van der Waals surface area contributed by atoms with Crippen molar-refractivity contribution in [2.45, 2.75) is 51.1 Å². The fourth-order valence-electron chi connectivity index (χ4n) is 3.76. The minimum atomic E-state index is -0.725. The molecule has 8 heteroatoms. The van der Waals surface area contributed by atoms with Gasteiger partial charge in [-0.2, -0.15) is 0 Å². The maximum atomic E-state index is 13.7. The number of nitrogens with zero attached hydrogens (tertiary/aromatic N) is 1. The van der Waals surface area contributed by atoms with Gasteiger partial charge in [-0.05, 0) is 61.7 Å². The first-order chi connectivity index (χ1) is 17.5. The van der Waals surface area contributed by atoms with Gasteiger partial charge in [0.15, 0.2) is 0 Å². The highest BCUT2D eigenvalue weighted by Crippen LogP contribution is 2.25. The highest BCUT2D eigenvalue weighted by atomic mass is 35.5. The van der Waals surface area contributed by atoms with Gasteiger partial charge < -0.3 is 10.2 Å². The van der Waals surface area contributed by atoms with Gasteiger partial charge in [-0.3, -0.25) is 9.59 Å². The van der Waals surface area contributed by atoms with Gasteiger partial charge >= 0.3 is 0 Å². The van der Waals surface area contributed by atoms with E-state index in [9.17, 15) is 9.59 Å². The summed E-state index contributed by atoms with van der Waals surface area (Å²) in [6, 6.07) is 21.7. The molecule has 1 atom stereocenters. The molecule has 1 N–H and O–H groups in total. The monoisotopic (exact) mass is 576 g/mol. The van der Waals surface area contributed by atoms with Gasteiger partial charge in [-0.15, -0.1) is 11.8 Å². The van der Waals surface area contributed by atoms with Crippen LogP contribution in [0.3, 0.4) is 0 Å². The van der Waals surface area contributed by atoms with Crippen molar-refractivity contribution in [1.29, 1.82) is 0 Å². The molecule has 3 rings (SSSR count). The first kappa shape index (κ1) is 29.4. The molecule has 0 unspecified atom stereocenters. The summed E-state index contributed by atoms with van der Waals surface area (Å²) in [7, 11) is 0. The Bertz CT molecular complexity index is 1200. The van der Waals surface area contributed by atoms with Crippen LogP contribution in [0.1, 0.15) is 37.5 Å². The number of carbonyl (C=O) groups is 2. The van der Waals surface area contributed by atoms with E-state index in [1.165, 1.54) is 11.8 Å². The molecule has 0 saturated carbocycles. The number of thioether (sulfide) groups is 1. The molecule has 0 aliphatic rings. The molecule has 0 radical (unpaired) electrons. The number of halogens is 3. The van der Waals surface area contributed by atoms with Crippen molar-refractivity contribution >= 4 is 58.4 Å². The zero-order chi connectivity index (χ0) is 27.0. The number of nitrogens with one attached hydrogen (secondary N) is 1. The summed E-state index contributed by atoms with van der Waals surface area (Å²) in [4.78, 5) is 28.9. The van der Waals surface area contributed by atoms with Crippen LogP contribution < -0.4 is 5.32 Å². The third-order valence-corrected chi connectivity index (χ3v) is 7.36. The van der Waals surface area contributed by atoms with Gasteiger partial charge in [0.05, 0.1) is 5.75 Å². The Morgan fingerprint density at radius 2 is 1.54 bits per heavy atom. The highest BCUT2D eigenvalue weighted by Gasteiger charge is 2.32. The minimum absolute atomic E-state index is 0.144. The largest absolute Gasteiger partial charge is 0.350 e. The second-order valence-electron chi connectivity index (χ2n) is 9.82. The van der Waals surface area contributed by atoms with Crippen molar-refractivity contribution in [1.82, 2.24) is 10.2 Å². The summed E-state index contributed by atoms with van der Waals surface area (Å²) >= 11 is 20.1. The van der Waals surface area contributed by atoms with Crippen LogP contribution in [0.2, 0.25) is 15.1 Å². The summed E-state index contributed by atoms with van der Waals surface area (Å²) in [5.74, 6) is 0.505. The van der Waals surface area contributed by atoms with Crippen LogP contribution in [0, 0.1) is 0 Å². The third kappa shape index (κ3) is 9.57. The second kappa shape index (κ2) is 13.6. The van der Waals surface area contributed by atoms with Crippen LogP contribution >= 0.6 is 46.6 Å². The molecule has 37 heavy (non-hydrogen) atoms. The van der Waals surface area contributed by atoms with Crippen LogP contribution in [0.25, 0.3) is 0 Å². The standard InChI is InChI=1S/C29H31Cl3N2O2S/c1-29(2,3)33-28(36)26(15-20-7-5-4-6-8-20)34(17-22-11-14-24(31)16-25(22)32)27(35)19-37-18-21-9-12-23(30)13-10-21/h4-14,16,26H,15,17-19H2,1-3H3,(H,33,36)/t26-/m0/s1. The van der Waals surface area contributed by atoms with E-state index in [-0.39, 0.29) is 24.1 Å². The maximum absolute atomic E-state index is 13.7. The molecule has 0 fully saturated rings. The number of amides is 2. The summed E-state index contributed by atoms with van der Waals surface area (Å²) in [6.45, 7) is 5.96. The molecular weight excluding hydrogens is 547 g/mol. The summed E-state index contributed by atoms with van der Waals surface area (Å²) in [6.07, 6.45) is 0.377. The van der Waals surface area contributed by atoms with E-state index in [0.29, 0.717) is 27.2 Å². The van der Waals surface area contributed by atoms with E-state index in [1.54, 1.807) is 23.1 Å². The van der Waals surface area contributed by atoms with Crippen LogP contribution in [-0.2, 0) is 28.3 Å². The molecule has 0 aliphatic heterocycles. The van der Waals surface area contributed by atoms with E-state index in [2.05, 4.69) is 5.32 Å². The minimum Gasteiger partial charge on any atom is -0.350 e. The van der Waals surface area contributed by atoms with Crippen LogP contribution in [0.5, 0.6) is 0 Å². The Morgan fingerprint density at radius 1 is 0.892 bits per heavy atom. The van der Waals surface area contributed by atoms with Gasteiger partial charge in [0.1, 0.15) is 6.04 Å². The summed E-state index contributed by atoms with van der Waals surface area (Å²) in [5, 5.41) is 4.70. The first-order valence-electron chi connectivity index (χ1n) is 11.9. The molecule has 0 saturated heterocycles. The number of hydrogen-bond donors (Lipinski definition) is 1. The summed E-state index contributed by atoms with van der Waals surface area (Å²) in [5.41, 5.74) is 2.30. The normalized spacial score (nSPS) is 12.2. The number of hydrogen-bond acceptors (Lipinski definition) is 3. The van der Waals surface area contributed by atoms with Gasteiger partial charge in [-0.1, -0.05) is 83.3 Å². The average molecular weight is 578 g/mol. The lowest BCUT2D eigenvalue weighted by Crippen LogP contribution is -2.54. The molecule has 196 valence electrons. The predicted molar refractivity (Wildman–Crippen MR) is 156 cm³/mol. The van der Waals surface area contributed by atoms with Crippen LogP contribution in [-0.4, -0.2) is 34.0 Å². The lowest BCUT2D eigenvalue weighted by molar-refractivity contribution is -0.140. The van der Waals surface area contributed by atoms with Gasteiger partial charge in [0.2, 0.25) is 11.8 Å². The van der Waals surface area contributed by atoms with Crippen molar-refractivity contribution in [3.8, 4) is 0 Å². The van der Waals surface area contributed by atoms with Crippen molar-refractivity contribution < 1.29 is 9.59 Å². The first-order valence-corrected chi connectivity index (χ1v) is 14.2.